The van der Waals surface area contributed by atoms with E-state index in [2.05, 4.69) is 6.92 Å². The van der Waals surface area contributed by atoms with Crippen molar-refractivity contribution in [2.45, 2.75) is 45.6 Å². The van der Waals surface area contributed by atoms with Gasteiger partial charge in [0.15, 0.2) is 11.5 Å². The van der Waals surface area contributed by atoms with Crippen LogP contribution < -0.4 is 0 Å². The van der Waals surface area contributed by atoms with Crippen molar-refractivity contribution >= 4 is 11.7 Å². The van der Waals surface area contributed by atoms with Crippen molar-refractivity contribution in [3.05, 3.63) is 35.5 Å². The van der Waals surface area contributed by atoms with Crippen molar-refractivity contribution in [3.63, 3.8) is 0 Å². The van der Waals surface area contributed by atoms with Crippen molar-refractivity contribution in [1.82, 2.24) is 4.90 Å². The molecule has 0 fully saturated rings. The third-order valence-corrected chi connectivity index (χ3v) is 3.74. The van der Waals surface area contributed by atoms with Crippen LogP contribution in [0.3, 0.4) is 0 Å². The van der Waals surface area contributed by atoms with Crippen LogP contribution in [0, 0.1) is 0 Å². The molecule has 0 spiro atoms. The Morgan fingerprint density at radius 3 is 2.71 bits per heavy atom. The summed E-state index contributed by atoms with van der Waals surface area (Å²) in [5, 5.41) is 10.1. The minimum Gasteiger partial charge on any atom is -0.503 e. The van der Waals surface area contributed by atoms with E-state index in [9.17, 15) is 14.7 Å². The normalized spacial score (nSPS) is 18.7. The lowest BCUT2D eigenvalue weighted by atomic mass is 9.99. The van der Waals surface area contributed by atoms with E-state index in [1.807, 2.05) is 0 Å². The predicted octanol–water partition coefficient (Wildman–Crippen LogP) is 3.14. The number of unbranched alkanes of at least 4 members (excludes halogenated alkanes) is 2. The second-order valence-corrected chi connectivity index (χ2v) is 5.16. The molecule has 5 heteroatoms. The molecule has 1 amide bonds. The number of aliphatic hydroxyl groups is 1. The number of rotatable bonds is 7. The molecule has 2 heterocycles. The summed E-state index contributed by atoms with van der Waals surface area (Å²) in [6, 6.07) is 2.84. The zero-order chi connectivity index (χ0) is 15.4. The number of hydrogen-bond acceptors (Lipinski definition) is 4. The summed E-state index contributed by atoms with van der Waals surface area (Å²) in [5.74, 6) is -0.620. The predicted molar refractivity (Wildman–Crippen MR) is 77.6 cm³/mol. The summed E-state index contributed by atoms with van der Waals surface area (Å²) < 4.78 is 5.38. The molecule has 5 nitrogen and oxygen atoms in total. The summed E-state index contributed by atoms with van der Waals surface area (Å²) in [6.45, 7) is 4.30. The Labute approximate surface area is 124 Å². The van der Waals surface area contributed by atoms with E-state index in [0.29, 0.717) is 12.3 Å². The fraction of sp³-hybridized carbons (Fsp3) is 0.500. The van der Waals surface area contributed by atoms with E-state index >= 15 is 0 Å². The lowest BCUT2D eigenvalue weighted by Gasteiger charge is -2.24. The third-order valence-electron chi connectivity index (χ3n) is 3.74. The average Bonchev–Trinajstić information content (AvgIpc) is 3.08. The van der Waals surface area contributed by atoms with Gasteiger partial charge >= 0.3 is 0 Å². The largest absolute Gasteiger partial charge is 0.503 e. The number of nitrogens with zero attached hydrogens (tertiary/aromatic N) is 1. The maximum absolute atomic E-state index is 12.3. The fourth-order valence-corrected chi connectivity index (χ4v) is 2.63. The lowest BCUT2D eigenvalue weighted by molar-refractivity contribution is -0.129. The van der Waals surface area contributed by atoms with E-state index in [1.165, 1.54) is 11.2 Å². The summed E-state index contributed by atoms with van der Waals surface area (Å²) in [6.07, 6.45) is 4.61. The smallest absolute Gasteiger partial charge is 0.290 e. The maximum atomic E-state index is 12.3. The summed E-state index contributed by atoms with van der Waals surface area (Å²) in [4.78, 5) is 25.9. The Bertz CT molecular complexity index is 545. The molecular formula is C16H21NO4. The van der Waals surface area contributed by atoms with Gasteiger partial charge in [0.2, 0.25) is 0 Å². The minimum atomic E-state index is -0.600. The van der Waals surface area contributed by atoms with Crippen LogP contribution in [0.5, 0.6) is 0 Å². The first-order valence-electron chi connectivity index (χ1n) is 7.42. The molecule has 114 valence electrons. The van der Waals surface area contributed by atoms with E-state index in [-0.39, 0.29) is 17.8 Å². The Morgan fingerprint density at radius 2 is 2.14 bits per heavy atom. The molecule has 2 rings (SSSR count). The molecule has 0 aromatic carbocycles. The third kappa shape index (κ3) is 2.86. The van der Waals surface area contributed by atoms with Crippen LogP contribution in [-0.4, -0.2) is 28.2 Å². The van der Waals surface area contributed by atoms with E-state index in [0.717, 1.165) is 19.3 Å². The molecule has 1 N–H and O–H groups in total. The van der Waals surface area contributed by atoms with Gasteiger partial charge in [-0.15, -0.1) is 0 Å². The standard InChI is InChI=1S/C16H21NO4/c1-3-5-6-9-17-14(12-8-7-10-21-12)13(11(18)4-2)15(19)16(17)20/h7-8,10,14,19H,3-6,9H2,1-2H3. The van der Waals surface area contributed by atoms with Gasteiger partial charge in [-0.3, -0.25) is 9.59 Å². The van der Waals surface area contributed by atoms with Crippen LogP contribution in [0.4, 0.5) is 0 Å². The second-order valence-electron chi connectivity index (χ2n) is 5.16. The quantitative estimate of drug-likeness (QED) is 0.783. The molecule has 0 bridgehead atoms. The first kappa shape index (κ1) is 15.4. The first-order valence-corrected chi connectivity index (χ1v) is 7.42. The maximum Gasteiger partial charge on any atom is 0.290 e. The molecule has 1 aliphatic heterocycles. The Morgan fingerprint density at radius 1 is 1.38 bits per heavy atom. The lowest BCUT2D eigenvalue weighted by Crippen LogP contribution is -2.31. The molecule has 1 atom stereocenters. The molecule has 1 unspecified atom stereocenters. The van der Waals surface area contributed by atoms with Gasteiger partial charge in [-0.1, -0.05) is 26.7 Å². The number of carbonyl (C=O) groups excluding carboxylic acids is 2. The first-order chi connectivity index (χ1) is 10.1. The minimum absolute atomic E-state index is 0.161. The van der Waals surface area contributed by atoms with Crippen LogP contribution in [0.15, 0.2) is 34.1 Å². The number of amides is 1. The van der Waals surface area contributed by atoms with Crippen molar-refractivity contribution in [2.75, 3.05) is 6.54 Å². The number of furan rings is 1. The van der Waals surface area contributed by atoms with Gasteiger partial charge in [-0.25, -0.2) is 0 Å². The molecule has 1 aromatic rings. The molecule has 1 aromatic heterocycles. The van der Waals surface area contributed by atoms with Crippen LogP contribution >= 0.6 is 0 Å². The van der Waals surface area contributed by atoms with Gasteiger partial charge in [0.1, 0.15) is 11.8 Å². The van der Waals surface area contributed by atoms with E-state index in [4.69, 9.17) is 4.42 Å². The van der Waals surface area contributed by atoms with Crippen LogP contribution in [0.25, 0.3) is 0 Å². The van der Waals surface area contributed by atoms with Gasteiger partial charge in [-0.05, 0) is 18.6 Å². The fourth-order valence-electron chi connectivity index (χ4n) is 2.63. The number of Topliss-reactive ketones (excluding diaryl/α,β-unsaturated/α-hetero) is 1. The highest BCUT2D eigenvalue weighted by Gasteiger charge is 2.43. The van der Waals surface area contributed by atoms with Crippen molar-refractivity contribution in [1.29, 1.82) is 0 Å². The van der Waals surface area contributed by atoms with Crippen LogP contribution in [0.2, 0.25) is 0 Å². The molecule has 0 radical (unpaired) electrons. The zero-order valence-corrected chi connectivity index (χ0v) is 12.5. The van der Waals surface area contributed by atoms with Crippen molar-refractivity contribution in [2.24, 2.45) is 0 Å². The summed E-state index contributed by atoms with van der Waals surface area (Å²) in [7, 11) is 0. The SMILES string of the molecule is CCCCCN1C(=O)C(O)=C(C(=O)CC)C1c1ccco1. The molecular weight excluding hydrogens is 270 g/mol. The van der Waals surface area contributed by atoms with E-state index in [1.54, 1.807) is 19.1 Å². The Hall–Kier alpha value is -2.04. The van der Waals surface area contributed by atoms with Crippen LogP contribution in [-0.2, 0) is 9.59 Å². The number of carbonyl (C=O) groups is 2. The molecule has 0 saturated heterocycles. The number of aliphatic hydroxyl groups excluding tert-OH is 1. The van der Waals surface area contributed by atoms with Gasteiger partial charge in [-0.2, -0.15) is 0 Å². The van der Waals surface area contributed by atoms with Crippen molar-refractivity contribution in [3.8, 4) is 0 Å². The summed E-state index contributed by atoms with van der Waals surface area (Å²) >= 11 is 0. The molecule has 0 saturated carbocycles. The molecule has 21 heavy (non-hydrogen) atoms. The summed E-state index contributed by atoms with van der Waals surface area (Å²) in [5.41, 5.74) is 0.161. The van der Waals surface area contributed by atoms with Gasteiger partial charge in [0.05, 0.1) is 11.8 Å². The topological polar surface area (TPSA) is 70.8 Å². The molecule has 1 aliphatic rings. The average molecular weight is 291 g/mol. The number of hydrogen-bond donors (Lipinski definition) is 1. The zero-order valence-electron chi connectivity index (χ0n) is 12.5. The van der Waals surface area contributed by atoms with Gasteiger partial charge < -0.3 is 14.4 Å². The second kappa shape index (κ2) is 6.61. The van der Waals surface area contributed by atoms with Crippen molar-refractivity contribution < 1.29 is 19.1 Å². The number of ketones is 1. The van der Waals surface area contributed by atoms with Gasteiger partial charge in [0.25, 0.3) is 5.91 Å². The van der Waals surface area contributed by atoms with Crippen LogP contribution in [0.1, 0.15) is 51.3 Å². The Balaban J connectivity index is 2.34. The highest BCUT2D eigenvalue weighted by atomic mass is 16.3. The molecule has 0 aliphatic carbocycles. The van der Waals surface area contributed by atoms with E-state index < -0.39 is 17.7 Å². The highest BCUT2D eigenvalue weighted by Crippen LogP contribution is 2.38. The Kier molecular flexibility index (Phi) is 4.83. The van der Waals surface area contributed by atoms with Gasteiger partial charge in [0, 0.05) is 13.0 Å². The monoisotopic (exact) mass is 291 g/mol. The highest BCUT2D eigenvalue weighted by molar-refractivity contribution is 6.08.